The van der Waals surface area contributed by atoms with Crippen LogP contribution >= 0.6 is 12.2 Å². The van der Waals surface area contributed by atoms with E-state index in [2.05, 4.69) is 20.2 Å². The van der Waals surface area contributed by atoms with E-state index in [9.17, 15) is 9.59 Å². The molecule has 0 aromatic carbocycles. The van der Waals surface area contributed by atoms with Gasteiger partial charge in [0.2, 0.25) is 0 Å². The molecule has 2 aliphatic heterocycles. The summed E-state index contributed by atoms with van der Waals surface area (Å²) in [6.07, 6.45) is 2.76. The average molecular weight is 441 g/mol. The van der Waals surface area contributed by atoms with Crippen molar-refractivity contribution in [2.24, 2.45) is 5.92 Å². The number of hydrogen-bond donors (Lipinski definition) is 1. The van der Waals surface area contributed by atoms with Crippen molar-refractivity contribution < 1.29 is 14.3 Å². The fraction of sp³-hybridized carbons (Fsp3) is 0.381. The van der Waals surface area contributed by atoms with Crippen LogP contribution in [0, 0.1) is 5.92 Å². The predicted molar refractivity (Wildman–Crippen MR) is 120 cm³/mol. The molecule has 4 rings (SSSR count). The van der Waals surface area contributed by atoms with Gasteiger partial charge >= 0.3 is 6.09 Å². The van der Waals surface area contributed by atoms with Crippen molar-refractivity contribution in [3.63, 3.8) is 0 Å². The first kappa shape index (κ1) is 21.0. The van der Waals surface area contributed by atoms with Gasteiger partial charge in [-0.2, -0.15) is 0 Å². The van der Waals surface area contributed by atoms with Crippen LogP contribution in [0.2, 0.25) is 0 Å². The number of ether oxygens (including phenoxy) is 1. The maximum Gasteiger partial charge on any atom is 0.415 e. The Morgan fingerprint density at radius 1 is 1.13 bits per heavy atom. The largest absolute Gasteiger partial charge is 0.415 e. The summed E-state index contributed by atoms with van der Waals surface area (Å²) in [7, 11) is 0. The fourth-order valence-electron chi connectivity index (χ4n) is 3.56. The molecule has 0 spiro atoms. The topological polar surface area (TPSA) is 90.9 Å². The van der Waals surface area contributed by atoms with E-state index < -0.39 is 6.09 Å². The van der Waals surface area contributed by atoms with Crippen LogP contribution in [-0.4, -0.2) is 64.2 Å². The summed E-state index contributed by atoms with van der Waals surface area (Å²) in [5.74, 6) is 1.58. The Hall–Kier alpha value is -3.27. The number of nitrogens with one attached hydrogen (secondary N) is 1. The maximum absolute atomic E-state index is 12.6. The number of piperazine rings is 1. The quantitative estimate of drug-likeness (QED) is 0.723. The average Bonchev–Trinajstić information content (AvgIpc) is 3.09. The number of rotatable bonds is 4. The predicted octanol–water partition coefficient (Wildman–Crippen LogP) is 2.04. The van der Waals surface area contributed by atoms with Gasteiger partial charge in [-0.3, -0.25) is 4.79 Å². The van der Waals surface area contributed by atoms with Crippen molar-refractivity contribution >= 4 is 41.0 Å². The summed E-state index contributed by atoms with van der Waals surface area (Å²) in [6, 6.07) is 8.65. The molecule has 2 aliphatic rings. The Bertz CT molecular complexity index is 961. The minimum absolute atomic E-state index is 0.105. The second-order valence-corrected chi connectivity index (χ2v) is 8.11. The van der Waals surface area contributed by atoms with Crippen LogP contribution in [0.1, 0.15) is 13.8 Å². The molecule has 31 heavy (non-hydrogen) atoms. The van der Waals surface area contributed by atoms with Gasteiger partial charge in [-0.25, -0.2) is 19.7 Å². The molecule has 2 aromatic heterocycles. The van der Waals surface area contributed by atoms with E-state index in [1.165, 1.54) is 11.1 Å². The van der Waals surface area contributed by atoms with Crippen LogP contribution in [0.3, 0.4) is 0 Å². The third kappa shape index (κ3) is 4.43. The Labute approximate surface area is 186 Å². The third-order valence-electron chi connectivity index (χ3n) is 5.30. The standard InChI is InChI=1S/C21H24N6O3S/c1-14(2)18-19(28)27(20(31)24-18)17-7-6-15(13-23-17)30-21(29)26-11-9-25(10-12-26)16-5-3-4-8-22-16/h3-8,13-14,18H,9-12H2,1-2H3,(H,24,31). The maximum atomic E-state index is 12.6. The monoisotopic (exact) mass is 440 g/mol. The Morgan fingerprint density at radius 2 is 1.90 bits per heavy atom. The lowest BCUT2D eigenvalue weighted by Crippen LogP contribution is -2.49. The van der Waals surface area contributed by atoms with Gasteiger partial charge in [0, 0.05) is 32.4 Å². The van der Waals surface area contributed by atoms with Gasteiger partial charge in [0.1, 0.15) is 17.7 Å². The Kier molecular flexibility index (Phi) is 5.99. The van der Waals surface area contributed by atoms with Crippen LogP contribution < -0.4 is 19.9 Å². The molecule has 10 heteroatoms. The number of pyridine rings is 2. The number of amides is 2. The molecule has 9 nitrogen and oxygen atoms in total. The number of aromatic nitrogens is 2. The molecule has 162 valence electrons. The molecule has 2 amide bonds. The molecule has 1 atom stereocenters. The highest BCUT2D eigenvalue weighted by Crippen LogP contribution is 2.23. The van der Waals surface area contributed by atoms with Crippen LogP contribution in [0.5, 0.6) is 5.75 Å². The van der Waals surface area contributed by atoms with Crippen LogP contribution in [0.15, 0.2) is 42.7 Å². The summed E-state index contributed by atoms with van der Waals surface area (Å²) < 4.78 is 5.46. The van der Waals surface area contributed by atoms with E-state index in [1.807, 2.05) is 32.0 Å². The number of thiocarbonyl (C=S) groups is 1. The Morgan fingerprint density at radius 3 is 2.48 bits per heavy atom. The van der Waals surface area contributed by atoms with Crippen LogP contribution in [-0.2, 0) is 4.79 Å². The van der Waals surface area contributed by atoms with E-state index in [0.717, 1.165) is 5.82 Å². The van der Waals surface area contributed by atoms with Gasteiger partial charge in [-0.15, -0.1) is 0 Å². The molecular weight excluding hydrogens is 416 g/mol. The highest BCUT2D eigenvalue weighted by Gasteiger charge is 2.38. The van der Waals surface area contributed by atoms with Crippen molar-refractivity contribution in [2.45, 2.75) is 19.9 Å². The van der Waals surface area contributed by atoms with E-state index in [4.69, 9.17) is 17.0 Å². The second kappa shape index (κ2) is 8.84. The molecule has 2 saturated heterocycles. The number of carbonyl (C=O) groups excluding carboxylic acids is 2. The van der Waals surface area contributed by atoms with Crippen molar-refractivity contribution in [1.82, 2.24) is 20.2 Å². The highest BCUT2D eigenvalue weighted by molar-refractivity contribution is 7.80. The number of nitrogens with zero attached hydrogens (tertiary/aromatic N) is 5. The van der Waals surface area contributed by atoms with Gasteiger partial charge in [-0.05, 0) is 42.4 Å². The first-order chi connectivity index (χ1) is 14.9. The van der Waals surface area contributed by atoms with Crippen molar-refractivity contribution in [2.75, 3.05) is 36.0 Å². The highest BCUT2D eigenvalue weighted by atomic mass is 32.1. The lowest BCUT2D eigenvalue weighted by Gasteiger charge is -2.34. The van der Waals surface area contributed by atoms with Crippen LogP contribution in [0.25, 0.3) is 0 Å². The number of hydrogen-bond acceptors (Lipinski definition) is 7. The minimum atomic E-state index is -0.426. The van der Waals surface area contributed by atoms with E-state index in [1.54, 1.807) is 23.2 Å². The summed E-state index contributed by atoms with van der Waals surface area (Å²) >= 11 is 5.28. The lowest BCUT2D eigenvalue weighted by atomic mass is 10.1. The summed E-state index contributed by atoms with van der Waals surface area (Å²) in [6.45, 7) is 6.35. The Balaban J connectivity index is 1.34. The zero-order valence-corrected chi connectivity index (χ0v) is 18.2. The lowest BCUT2D eigenvalue weighted by molar-refractivity contribution is -0.119. The summed E-state index contributed by atoms with van der Waals surface area (Å²) in [4.78, 5) is 38.9. The number of carbonyl (C=O) groups is 2. The van der Waals surface area contributed by atoms with E-state index >= 15 is 0 Å². The molecule has 4 heterocycles. The van der Waals surface area contributed by atoms with E-state index in [-0.39, 0.29) is 17.9 Å². The summed E-state index contributed by atoms with van der Waals surface area (Å²) in [5.41, 5.74) is 0. The molecule has 1 N–H and O–H groups in total. The van der Waals surface area contributed by atoms with Crippen molar-refractivity contribution in [3.05, 3.63) is 42.7 Å². The zero-order chi connectivity index (χ0) is 22.0. The van der Waals surface area contributed by atoms with Crippen LogP contribution in [0.4, 0.5) is 16.4 Å². The first-order valence-electron chi connectivity index (χ1n) is 10.2. The molecular formula is C21H24N6O3S. The van der Waals surface area contributed by atoms with Crippen molar-refractivity contribution in [1.29, 1.82) is 0 Å². The smallest absolute Gasteiger partial charge is 0.409 e. The summed E-state index contributed by atoms with van der Waals surface area (Å²) in [5, 5.41) is 3.35. The molecule has 0 bridgehead atoms. The second-order valence-electron chi connectivity index (χ2n) is 7.73. The van der Waals surface area contributed by atoms with Gasteiger partial charge in [0.05, 0.1) is 6.20 Å². The molecule has 0 saturated carbocycles. The normalized spacial score (nSPS) is 19.1. The molecule has 0 aliphatic carbocycles. The van der Waals surface area contributed by atoms with Crippen molar-refractivity contribution in [3.8, 4) is 5.75 Å². The fourth-order valence-corrected chi connectivity index (χ4v) is 3.87. The molecule has 0 radical (unpaired) electrons. The first-order valence-corrected chi connectivity index (χ1v) is 10.6. The number of anilines is 2. The van der Waals surface area contributed by atoms with Gasteiger partial charge in [0.25, 0.3) is 5.91 Å². The van der Waals surface area contributed by atoms with Gasteiger partial charge < -0.3 is 19.9 Å². The van der Waals surface area contributed by atoms with Gasteiger partial charge in [0.15, 0.2) is 10.9 Å². The third-order valence-corrected chi connectivity index (χ3v) is 5.60. The minimum Gasteiger partial charge on any atom is -0.409 e. The van der Waals surface area contributed by atoms with E-state index in [0.29, 0.717) is 42.9 Å². The molecule has 1 unspecified atom stereocenters. The van der Waals surface area contributed by atoms with Gasteiger partial charge in [-0.1, -0.05) is 19.9 Å². The zero-order valence-electron chi connectivity index (χ0n) is 17.4. The molecule has 2 fully saturated rings. The molecule has 2 aromatic rings. The SMILES string of the molecule is CC(C)C1NC(=S)N(c2ccc(OC(=O)N3CCN(c4ccccn4)CC3)cn2)C1=O.